The maximum atomic E-state index is 12.3. The SMILES string of the molecule is O=C(CCC/C(=N\Nc1ccccc1)c1ccccc1)c1ccccc1. The fourth-order valence-corrected chi connectivity index (χ4v) is 2.72. The van der Waals surface area contributed by atoms with Gasteiger partial charge in [-0.15, -0.1) is 0 Å². The van der Waals surface area contributed by atoms with E-state index in [9.17, 15) is 4.79 Å². The first-order valence-corrected chi connectivity index (χ1v) is 8.84. The van der Waals surface area contributed by atoms with E-state index in [0.717, 1.165) is 35.4 Å². The summed E-state index contributed by atoms with van der Waals surface area (Å²) in [5, 5.41) is 4.59. The quantitative estimate of drug-likeness (QED) is 0.331. The van der Waals surface area contributed by atoms with Crippen LogP contribution in [0.25, 0.3) is 0 Å². The van der Waals surface area contributed by atoms with Crippen molar-refractivity contribution >= 4 is 17.2 Å². The molecule has 0 aromatic heterocycles. The molecule has 26 heavy (non-hydrogen) atoms. The third-order valence-corrected chi connectivity index (χ3v) is 4.11. The molecular weight excluding hydrogens is 320 g/mol. The number of benzene rings is 3. The van der Waals surface area contributed by atoms with E-state index in [-0.39, 0.29) is 5.78 Å². The molecule has 3 nitrogen and oxygen atoms in total. The lowest BCUT2D eigenvalue weighted by molar-refractivity contribution is 0.0981. The Hall–Kier alpha value is -3.20. The molecule has 0 aliphatic heterocycles. The Bertz CT molecular complexity index is 843. The van der Waals surface area contributed by atoms with Gasteiger partial charge in [-0.1, -0.05) is 78.9 Å². The Balaban J connectivity index is 1.65. The molecule has 1 N–H and O–H groups in total. The van der Waals surface area contributed by atoms with Crippen molar-refractivity contribution in [3.05, 3.63) is 102 Å². The van der Waals surface area contributed by atoms with Gasteiger partial charge < -0.3 is 0 Å². The van der Waals surface area contributed by atoms with E-state index in [1.54, 1.807) is 0 Å². The van der Waals surface area contributed by atoms with E-state index < -0.39 is 0 Å². The maximum Gasteiger partial charge on any atom is 0.162 e. The molecule has 0 atom stereocenters. The zero-order valence-corrected chi connectivity index (χ0v) is 14.6. The van der Waals surface area contributed by atoms with Crippen LogP contribution < -0.4 is 5.43 Å². The summed E-state index contributed by atoms with van der Waals surface area (Å²) in [6.07, 6.45) is 2.02. The van der Waals surface area contributed by atoms with E-state index in [4.69, 9.17) is 0 Å². The van der Waals surface area contributed by atoms with Gasteiger partial charge in [-0.25, -0.2) is 0 Å². The van der Waals surface area contributed by atoms with Gasteiger partial charge in [-0.2, -0.15) is 5.10 Å². The lowest BCUT2D eigenvalue weighted by Gasteiger charge is -2.08. The fraction of sp³-hybridized carbons (Fsp3) is 0.130. The monoisotopic (exact) mass is 342 g/mol. The molecule has 0 bridgehead atoms. The third-order valence-electron chi connectivity index (χ3n) is 4.11. The van der Waals surface area contributed by atoms with Crippen molar-refractivity contribution in [1.29, 1.82) is 0 Å². The summed E-state index contributed by atoms with van der Waals surface area (Å²) in [7, 11) is 0. The van der Waals surface area contributed by atoms with E-state index >= 15 is 0 Å². The van der Waals surface area contributed by atoms with Gasteiger partial charge in [0, 0.05) is 12.0 Å². The highest BCUT2D eigenvalue weighted by atomic mass is 16.1. The molecule has 0 aliphatic rings. The summed E-state index contributed by atoms with van der Waals surface area (Å²) in [4.78, 5) is 12.3. The van der Waals surface area contributed by atoms with Crippen LogP contribution in [0.3, 0.4) is 0 Å². The van der Waals surface area contributed by atoms with Gasteiger partial charge in [-0.3, -0.25) is 10.2 Å². The second-order valence-electron chi connectivity index (χ2n) is 6.05. The predicted octanol–water partition coefficient (Wildman–Crippen LogP) is 5.56. The minimum atomic E-state index is 0.175. The van der Waals surface area contributed by atoms with Crippen LogP contribution in [0.1, 0.15) is 35.2 Å². The molecule has 3 rings (SSSR count). The van der Waals surface area contributed by atoms with Crippen LogP contribution in [0.5, 0.6) is 0 Å². The summed E-state index contributed by atoms with van der Waals surface area (Å²) >= 11 is 0. The van der Waals surface area contributed by atoms with E-state index in [1.165, 1.54) is 0 Å². The van der Waals surface area contributed by atoms with Crippen molar-refractivity contribution in [3.8, 4) is 0 Å². The largest absolute Gasteiger partial charge is 0.294 e. The number of nitrogens with zero attached hydrogens (tertiary/aromatic N) is 1. The first-order valence-electron chi connectivity index (χ1n) is 8.84. The van der Waals surface area contributed by atoms with Gasteiger partial charge in [0.25, 0.3) is 0 Å². The topological polar surface area (TPSA) is 41.5 Å². The summed E-state index contributed by atoms with van der Waals surface area (Å²) in [5.74, 6) is 0.175. The van der Waals surface area contributed by atoms with Crippen LogP contribution in [0.15, 0.2) is 96.1 Å². The number of carbonyl (C=O) groups excluding carboxylic acids is 1. The first kappa shape index (κ1) is 17.6. The second-order valence-corrected chi connectivity index (χ2v) is 6.05. The summed E-state index contributed by atoms with van der Waals surface area (Å²) < 4.78 is 0. The molecular formula is C23H22N2O. The molecule has 3 aromatic rings. The molecule has 3 aromatic carbocycles. The van der Waals surface area contributed by atoms with E-state index in [2.05, 4.69) is 10.5 Å². The van der Waals surface area contributed by atoms with E-state index in [0.29, 0.717) is 6.42 Å². The van der Waals surface area contributed by atoms with Crippen molar-refractivity contribution in [3.63, 3.8) is 0 Å². The molecule has 0 fully saturated rings. The molecule has 0 saturated carbocycles. The lowest BCUT2D eigenvalue weighted by Crippen LogP contribution is -2.06. The third kappa shape index (κ3) is 5.15. The van der Waals surface area contributed by atoms with Gasteiger partial charge in [0.15, 0.2) is 5.78 Å². The number of rotatable bonds is 8. The van der Waals surface area contributed by atoms with Crippen LogP contribution in [-0.2, 0) is 0 Å². The number of hydrazone groups is 1. The van der Waals surface area contributed by atoms with Crippen LogP contribution in [0.2, 0.25) is 0 Å². The van der Waals surface area contributed by atoms with Gasteiger partial charge in [-0.05, 0) is 30.5 Å². The summed E-state index contributed by atoms with van der Waals surface area (Å²) in [5.41, 5.74) is 6.86. The van der Waals surface area contributed by atoms with E-state index in [1.807, 2.05) is 91.0 Å². The molecule has 130 valence electrons. The van der Waals surface area contributed by atoms with Gasteiger partial charge in [0.2, 0.25) is 0 Å². The molecule has 0 heterocycles. The summed E-state index contributed by atoms with van der Waals surface area (Å²) in [6.45, 7) is 0. The molecule has 0 unspecified atom stereocenters. The number of ketones is 1. The van der Waals surface area contributed by atoms with Crippen molar-refractivity contribution in [2.75, 3.05) is 5.43 Å². The zero-order chi connectivity index (χ0) is 18.0. The van der Waals surface area contributed by atoms with Crippen LogP contribution in [0.4, 0.5) is 5.69 Å². The highest BCUT2D eigenvalue weighted by molar-refractivity contribution is 6.01. The normalized spacial score (nSPS) is 11.2. The number of carbonyl (C=O) groups is 1. The van der Waals surface area contributed by atoms with Gasteiger partial charge >= 0.3 is 0 Å². The second kappa shape index (κ2) is 9.33. The Kier molecular flexibility index (Phi) is 6.32. The Morgan fingerprint density at radius 2 is 1.23 bits per heavy atom. The number of anilines is 1. The highest BCUT2D eigenvalue weighted by Gasteiger charge is 2.08. The minimum absolute atomic E-state index is 0.175. The number of Topliss-reactive ketones (excluding diaryl/α,β-unsaturated/α-hetero) is 1. The first-order chi connectivity index (χ1) is 12.8. The average molecular weight is 342 g/mol. The Labute approximate surface area is 154 Å². The van der Waals surface area contributed by atoms with Gasteiger partial charge in [0.1, 0.15) is 0 Å². The van der Waals surface area contributed by atoms with Crippen molar-refractivity contribution in [2.45, 2.75) is 19.3 Å². The van der Waals surface area contributed by atoms with Crippen LogP contribution in [-0.4, -0.2) is 11.5 Å². The molecule has 0 amide bonds. The van der Waals surface area contributed by atoms with Crippen molar-refractivity contribution in [1.82, 2.24) is 0 Å². The van der Waals surface area contributed by atoms with Crippen molar-refractivity contribution in [2.24, 2.45) is 5.10 Å². The van der Waals surface area contributed by atoms with Crippen LogP contribution in [0, 0.1) is 0 Å². The smallest absolute Gasteiger partial charge is 0.162 e. The zero-order valence-electron chi connectivity index (χ0n) is 14.6. The molecule has 0 radical (unpaired) electrons. The Morgan fingerprint density at radius 3 is 1.85 bits per heavy atom. The average Bonchev–Trinajstić information content (AvgIpc) is 2.72. The molecule has 0 aliphatic carbocycles. The summed E-state index contributed by atoms with van der Waals surface area (Å²) in [6, 6.07) is 29.4. The van der Waals surface area contributed by atoms with Gasteiger partial charge in [0.05, 0.1) is 11.4 Å². The molecule has 3 heteroatoms. The molecule has 0 saturated heterocycles. The maximum absolute atomic E-state index is 12.3. The standard InChI is InChI=1S/C23H22N2O/c26-23(20-13-6-2-7-14-20)18-10-17-22(19-11-4-1-5-12-19)25-24-21-15-8-3-9-16-21/h1-9,11-16,24H,10,17-18H2/b25-22+. The number of nitrogens with one attached hydrogen (secondary N) is 1. The van der Waals surface area contributed by atoms with Crippen LogP contribution >= 0.6 is 0 Å². The van der Waals surface area contributed by atoms with Crippen molar-refractivity contribution < 1.29 is 4.79 Å². The number of para-hydroxylation sites is 1. The number of hydrogen-bond acceptors (Lipinski definition) is 3. The lowest BCUT2D eigenvalue weighted by atomic mass is 10.0. The minimum Gasteiger partial charge on any atom is -0.294 e. The number of hydrogen-bond donors (Lipinski definition) is 1. The Morgan fingerprint density at radius 1 is 0.692 bits per heavy atom. The highest BCUT2D eigenvalue weighted by Crippen LogP contribution is 2.13. The molecule has 0 spiro atoms. The predicted molar refractivity (Wildman–Crippen MR) is 108 cm³/mol. The fourth-order valence-electron chi connectivity index (χ4n) is 2.72.